The van der Waals surface area contributed by atoms with Crippen molar-refractivity contribution in [1.29, 1.82) is 0 Å². The zero-order valence-electron chi connectivity index (χ0n) is 19.4. The Morgan fingerprint density at radius 1 is 1.03 bits per heavy atom. The highest BCUT2D eigenvalue weighted by Gasteiger charge is 2.57. The minimum Gasteiger partial charge on any atom is -0.300 e. The standard InChI is InChI=1S/C27H32O2.C2H4/c1-16-4-6-18(7-5-16)23-15-27(3)24(17(2)28)12-13-25(27)22-10-8-19-14-20(29)9-11-21(19)26(22)23;1-2/h4-7,14,22-25H,8-13,15H2,1-3H3;1-2H2. The van der Waals surface area contributed by atoms with Gasteiger partial charge in [-0.15, -0.1) is 13.2 Å². The van der Waals surface area contributed by atoms with Gasteiger partial charge in [0.05, 0.1) is 0 Å². The van der Waals surface area contributed by atoms with Crippen LogP contribution in [0.4, 0.5) is 0 Å². The second-order valence-electron chi connectivity index (χ2n) is 10.2. The second kappa shape index (κ2) is 8.37. The maximum Gasteiger partial charge on any atom is 0.156 e. The third-order valence-electron chi connectivity index (χ3n) is 8.70. The molecule has 31 heavy (non-hydrogen) atoms. The van der Waals surface area contributed by atoms with Gasteiger partial charge in [0, 0.05) is 18.3 Å². The van der Waals surface area contributed by atoms with Crippen molar-refractivity contribution in [2.24, 2.45) is 23.2 Å². The van der Waals surface area contributed by atoms with Crippen molar-refractivity contribution in [2.75, 3.05) is 0 Å². The highest BCUT2D eigenvalue weighted by Crippen LogP contribution is 2.65. The molecule has 0 aliphatic heterocycles. The number of rotatable bonds is 2. The Labute approximate surface area is 187 Å². The molecule has 0 saturated heterocycles. The van der Waals surface area contributed by atoms with Crippen LogP contribution < -0.4 is 0 Å². The van der Waals surface area contributed by atoms with Crippen LogP contribution >= 0.6 is 0 Å². The van der Waals surface area contributed by atoms with Gasteiger partial charge in [-0.2, -0.15) is 0 Å². The van der Waals surface area contributed by atoms with Crippen LogP contribution in [0.2, 0.25) is 0 Å². The van der Waals surface area contributed by atoms with Crippen LogP contribution in [0.15, 0.2) is 60.2 Å². The molecule has 5 unspecified atom stereocenters. The van der Waals surface area contributed by atoms with Crippen molar-refractivity contribution in [3.05, 3.63) is 71.3 Å². The van der Waals surface area contributed by atoms with E-state index < -0.39 is 0 Å². The van der Waals surface area contributed by atoms with Gasteiger partial charge < -0.3 is 0 Å². The molecule has 2 saturated carbocycles. The summed E-state index contributed by atoms with van der Waals surface area (Å²) in [6.45, 7) is 12.4. The van der Waals surface area contributed by atoms with Gasteiger partial charge in [-0.05, 0) is 92.4 Å². The number of fused-ring (bicyclic) bond motifs is 4. The van der Waals surface area contributed by atoms with Crippen molar-refractivity contribution in [2.45, 2.75) is 71.6 Å². The predicted octanol–water partition coefficient (Wildman–Crippen LogP) is 6.90. The number of carbonyl (C=O) groups is 2. The molecule has 0 bridgehead atoms. The Kier molecular flexibility index (Phi) is 5.94. The molecule has 2 fully saturated rings. The van der Waals surface area contributed by atoms with E-state index in [0.29, 0.717) is 35.7 Å². The molecule has 0 radical (unpaired) electrons. The largest absolute Gasteiger partial charge is 0.300 e. The van der Waals surface area contributed by atoms with E-state index in [1.165, 1.54) is 28.7 Å². The summed E-state index contributed by atoms with van der Waals surface area (Å²) in [7, 11) is 0. The Morgan fingerprint density at radius 3 is 2.42 bits per heavy atom. The van der Waals surface area contributed by atoms with Crippen LogP contribution in [-0.2, 0) is 9.59 Å². The van der Waals surface area contributed by atoms with Crippen molar-refractivity contribution in [3.8, 4) is 0 Å². The molecule has 0 aromatic heterocycles. The summed E-state index contributed by atoms with van der Waals surface area (Å²) in [6.07, 6.45) is 9.00. The Balaban J connectivity index is 0.00000112. The van der Waals surface area contributed by atoms with E-state index in [0.717, 1.165) is 32.1 Å². The molecular formula is C29H36O2. The lowest BCUT2D eigenvalue weighted by Crippen LogP contribution is -2.44. The number of benzene rings is 1. The van der Waals surface area contributed by atoms with Crippen molar-refractivity contribution in [3.63, 3.8) is 0 Å². The fraction of sp³-hybridized carbons (Fsp3) is 0.517. The smallest absolute Gasteiger partial charge is 0.156 e. The van der Waals surface area contributed by atoms with Crippen molar-refractivity contribution in [1.82, 2.24) is 0 Å². The van der Waals surface area contributed by atoms with Gasteiger partial charge in [0.2, 0.25) is 0 Å². The van der Waals surface area contributed by atoms with E-state index in [4.69, 9.17) is 0 Å². The summed E-state index contributed by atoms with van der Waals surface area (Å²) in [5.74, 6) is 2.45. The molecule has 0 heterocycles. The summed E-state index contributed by atoms with van der Waals surface area (Å²) in [4.78, 5) is 24.6. The van der Waals surface area contributed by atoms with E-state index in [9.17, 15) is 9.59 Å². The van der Waals surface area contributed by atoms with Gasteiger partial charge in [-0.3, -0.25) is 9.59 Å². The molecule has 0 spiro atoms. The van der Waals surface area contributed by atoms with Crippen LogP contribution in [0.25, 0.3) is 0 Å². The van der Waals surface area contributed by atoms with Crippen LogP contribution in [-0.4, -0.2) is 11.6 Å². The lowest BCUT2D eigenvalue weighted by atomic mass is 9.51. The first kappa shape index (κ1) is 22.0. The van der Waals surface area contributed by atoms with E-state index >= 15 is 0 Å². The Hall–Kier alpha value is -2.22. The molecule has 5 atom stereocenters. The number of hydrogen-bond donors (Lipinski definition) is 0. The number of ketones is 2. The molecule has 0 amide bonds. The maximum absolute atomic E-state index is 12.6. The van der Waals surface area contributed by atoms with Gasteiger partial charge in [0.1, 0.15) is 5.78 Å². The van der Waals surface area contributed by atoms with Gasteiger partial charge in [0.25, 0.3) is 0 Å². The average molecular weight is 417 g/mol. The van der Waals surface area contributed by atoms with Gasteiger partial charge in [-0.1, -0.05) is 42.3 Å². The minimum absolute atomic E-state index is 0.0990. The van der Waals surface area contributed by atoms with Crippen LogP contribution in [0.3, 0.4) is 0 Å². The summed E-state index contributed by atoms with van der Waals surface area (Å²) in [5, 5.41) is 0. The SMILES string of the molecule is C=C.CC(=O)C1CCC2C3CCC4=CC(=O)CCC4=C3C(c3ccc(C)cc3)CC12C. The molecule has 4 aliphatic rings. The Bertz CT molecular complexity index is 947. The number of carbonyl (C=O) groups excluding carboxylic acids is 2. The normalized spacial score (nSPS) is 34.0. The van der Waals surface area contributed by atoms with Crippen LogP contribution in [0, 0.1) is 30.1 Å². The van der Waals surface area contributed by atoms with E-state index in [-0.39, 0.29) is 11.3 Å². The van der Waals surface area contributed by atoms with Gasteiger partial charge in [-0.25, -0.2) is 0 Å². The third-order valence-corrected chi connectivity index (χ3v) is 8.70. The lowest BCUT2D eigenvalue weighted by molar-refractivity contribution is -0.125. The molecule has 2 heteroatoms. The summed E-state index contributed by atoms with van der Waals surface area (Å²) >= 11 is 0. The number of hydrogen-bond acceptors (Lipinski definition) is 2. The monoisotopic (exact) mass is 416 g/mol. The highest BCUT2D eigenvalue weighted by atomic mass is 16.1. The zero-order valence-corrected chi connectivity index (χ0v) is 19.4. The van der Waals surface area contributed by atoms with Crippen molar-refractivity contribution >= 4 is 11.6 Å². The average Bonchev–Trinajstić information content (AvgIpc) is 3.12. The number of aryl methyl sites for hydroxylation is 1. The fourth-order valence-corrected chi connectivity index (χ4v) is 7.42. The maximum atomic E-state index is 12.6. The van der Waals surface area contributed by atoms with Crippen LogP contribution in [0.1, 0.15) is 75.8 Å². The van der Waals surface area contributed by atoms with E-state index in [1.807, 2.05) is 13.0 Å². The molecule has 4 aliphatic carbocycles. The lowest BCUT2D eigenvalue weighted by Gasteiger charge is -2.52. The first-order chi connectivity index (χ1) is 14.9. The first-order valence-electron chi connectivity index (χ1n) is 11.9. The molecular weight excluding hydrogens is 380 g/mol. The topological polar surface area (TPSA) is 34.1 Å². The van der Waals surface area contributed by atoms with Crippen molar-refractivity contribution < 1.29 is 9.59 Å². The number of allylic oxidation sites excluding steroid dienone is 4. The first-order valence-corrected chi connectivity index (χ1v) is 11.9. The predicted molar refractivity (Wildman–Crippen MR) is 127 cm³/mol. The molecule has 0 N–H and O–H groups in total. The molecule has 1 aromatic rings. The third kappa shape index (κ3) is 3.58. The molecule has 2 nitrogen and oxygen atoms in total. The minimum atomic E-state index is 0.0990. The number of Topliss-reactive ketones (excluding diaryl/α,β-unsaturated/α-hetero) is 1. The Morgan fingerprint density at radius 2 is 1.74 bits per heavy atom. The summed E-state index contributed by atoms with van der Waals surface area (Å²) < 4.78 is 0. The fourth-order valence-electron chi connectivity index (χ4n) is 7.42. The quantitative estimate of drug-likeness (QED) is 0.491. The summed E-state index contributed by atoms with van der Waals surface area (Å²) in [6, 6.07) is 9.06. The zero-order chi connectivity index (χ0) is 22.3. The summed E-state index contributed by atoms with van der Waals surface area (Å²) in [5.41, 5.74) is 7.23. The van der Waals surface area contributed by atoms with Gasteiger partial charge >= 0.3 is 0 Å². The van der Waals surface area contributed by atoms with E-state index in [1.54, 1.807) is 5.57 Å². The second-order valence-corrected chi connectivity index (χ2v) is 10.2. The molecule has 1 aromatic carbocycles. The highest BCUT2D eigenvalue weighted by molar-refractivity contribution is 5.93. The molecule has 5 rings (SSSR count). The molecule has 164 valence electrons. The van der Waals surface area contributed by atoms with Crippen LogP contribution in [0.5, 0.6) is 0 Å². The van der Waals surface area contributed by atoms with E-state index in [2.05, 4.69) is 51.3 Å². The van der Waals surface area contributed by atoms with Gasteiger partial charge in [0.15, 0.2) is 5.78 Å².